The zero-order valence-corrected chi connectivity index (χ0v) is 16.2. The molecule has 2 heterocycles. The third kappa shape index (κ3) is 5.21. The van der Waals surface area contributed by atoms with Crippen molar-refractivity contribution in [3.8, 4) is 11.4 Å². The fourth-order valence-electron chi connectivity index (χ4n) is 2.23. The van der Waals surface area contributed by atoms with Gasteiger partial charge in [-0.25, -0.2) is 4.98 Å². The molecule has 0 spiro atoms. The van der Waals surface area contributed by atoms with E-state index in [1.165, 1.54) is 12.1 Å². The van der Waals surface area contributed by atoms with Crippen LogP contribution in [0.4, 0.5) is 19.1 Å². The van der Waals surface area contributed by atoms with Gasteiger partial charge >= 0.3 is 6.18 Å². The number of nitrogens with one attached hydrogen (secondary N) is 1. The number of aromatic nitrogens is 4. The van der Waals surface area contributed by atoms with E-state index in [1.807, 2.05) is 6.07 Å². The molecular weight excluding hydrogens is 438 g/mol. The van der Waals surface area contributed by atoms with Crippen LogP contribution in [-0.2, 0) is 16.5 Å². The van der Waals surface area contributed by atoms with Crippen molar-refractivity contribution in [3.63, 3.8) is 0 Å². The standard InChI is InChI=1S/C17H11Cl3F3N5/c18-16(19,20)14-26-13(11-4-1-5-12(7-11)17(21,22)23)27-15(28-14)25-9-10-3-2-6-24-8-10/h1-8H,9H2,(H,25,26,27,28). The van der Waals surface area contributed by atoms with Crippen molar-refractivity contribution >= 4 is 40.8 Å². The molecule has 28 heavy (non-hydrogen) atoms. The maximum atomic E-state index is 13.0. The molecule has 0 saturated heterocycles. The Morgan fingerprint density at radius 2 is 1.75 bits per heavy atom. The zero-order valence-electron chi connectivity index (χ0n) is 13.9. The summed E-state index contributed by atoms with van der Waals surface area (Å²) < 4.78 is 37.0. The van der Waals surface area contributed by atoms with Gasteiger partial charge in [-0.15, -0.1) is 0 Å². The SMILES string of the molecule is FC(F)(F)c1cccc(-c2nc(NCc3cccnc3)nc(C(Cl)(Cl)Cl)n2)c1. The number of rotatable bonds is 4. The molecule has 1 N–H and O–H groups in total. The van der Waals surface area contributed by atoms with Gasteiger partial charge in [0, 0.05) is 24.5 Å². The van der Waals surface area contributed by atoms with E-state index in [1.54, 1.807) is 18.5 Å². The molecule has 0 aliphatic heterocycles. The molecule has 2 aromatic heterocycles. The average molecular weight is 449 g/mol. The van der Waals surface area contributed by atoms with Crippen LogP contribution in [0.5, 0.6) is 0 Å². The molecule has 3 aromatic rings. The van der Waals surface area contributed by atoms with Gasteiger partial charge in [-0.05, 0) is 23.8 Å². The lowest BCUT2D eigenvalue weighted by molar-refractivity contribution is -0.137. The Bertz CT molecular complexity index is 962. The fraction of sp³-hybridized carbons (Fsp3) is 0.176. The summed E-state index contributed by atoms with van der Waals surface area (Å²) in [6, 6.07) is 8.12. The highest BCUT2D eigenvalue weighted by molar-refractivity contribution is 6.66. The van der Waals surface area contributed by atoms with Crippen molar-refractivity contribution < 1.29 is 13.2 Å². The van der Waals surface area contributed by atoms with Crippen LogP contribution < -0.4 is 5.32 Å². The summed E-state index contributed by atoms with van der Waals surface area (Å²) >= 11 is 17.6. The lowest BCUT2D eigenvalue weighted by Crippen LogP contribution is -2.14. The minimum Gasteiger partial charge on any atom is -0.350 e. The molecular formula is C17H11Cl3F3N5. The molecule has 0 saturated carbocycles. The quantitative estimate of drug-likeness (QED) is 0.542. The summed E-state index contributed by atoms with van der Waals surface area (Å²) in [5.74, 6) is -0.225. The highest BCUT2D eigenvalue weighted by Crippen LogP contribution is 2.37. The fourth-order valence-corrected chi connectivity index (χ4v) is 2.48. The first-order valence-corrected chi connectivity index (χ1v) is 8.90. The van der Waals surface area contributed by atoms with Gasteiger partial charge < -0.3 is 5.32 Å². The molecule has 3 rings (SSSR count). The van der Waals surface area contributed by atoms with Gasteiger partial charge in [0.2, 0.25) is 9.74 Å². The predicted octanol–water partition coefficient (Wildman–Crippen LogP) is 5.39. The Hall–Kier alpha value is -2.16. The number of pyridine rings is 1. The van der Waals surface area contributed by atoms with Gasteiger partial charge in [0.1, 0.15) is 0 Å². The first-order chi connectivity index (χ1) is 13.1. The molecule has 0 aliphatic carbocycles. The molecule has 11 heteroatoms. The summed E-state index contributed by atoms with van der Waals surface area (Å²) in [6.45, 7) is 0.305. The van der Waals surface area contributed by atoms with E-state index in [2.05, 4.69) is 25.3 Å². The minimum absolute atomic E-state index is 0.0487. The number of nitrogens with zero attached hydrogens (tertiary/aromatic N) is 4. The van der Waals surface area contributed by atoms with Gasteiger partial charge in [0.15, 0.2) is 11.6 Å². The number of alkyl halides is 6. The summed E-state index contributed by atoms with van der Waals surface area (Å²) in [5.41, 5.74) is 0.0989. The highest BCUT2D eigenvalue weighted by Gasteiger charge is 2.32. The van der Waals surface area contributed by atoms with E-state index in [-0.39, 0.29) is 23.2 Å². The van der Waals surface area contributed by atoms with Crippen LogP contribution in [-0.4, -0.2) is 19.9 Å². The number of anilines is 1. The first kappa shape index (κ1) is 20.6. The number of benzene rings is 1. The van der Waals surface area contributed by atoms with Crippen LogP contribution in [0.25, 0.3) is 11.4 Å². The second-order valence-corrected chi connectivity index (χ2v) is 7.88. The van der Waals surface area contributed by atoms with Gasteiger partial charge in [-0.3, -0.25) is 4.98 Å². The van der Waals surface area contributed by atoms with Gasteiger partial charge in [0.05, 0.1) is 5.56 Å². The largest absolute Gasteiger partial charge is 0.416 e. The minimum atomic E-state index is -4.51. The number of halogens is 6. The molecule has 1 aromatic carbocycles. The third-order valence-corrected chi connectivity index (χ3v) is 4.02. The Morgan fingerprint density at radius 1 is 0.964 bits per heavy atom. The third-order valence-electron chi connectivity index (χ3n) is 3.51. The van der Waals surface area contributed by atoms with Gasteiger partial charge in [-0.2, -0.15) is 23.1 Å². The van der Waals surface area contributed by atoms with E-state index in [4.69, 9.17) is 34.8 Å². The average Bonchev–Trinajstić information content (AvgIpc) is 2.66. The van der Waals surface area contributed by atoms with Crippen LogP contribution >= 0.6 is 34.8 Å². The van der Waals surface area contributed by atoms with Crippen molar-refractivity contribution in [2.45, 2.75) is 16.5 Å². The molecule has 5 nitrogen and oxygen atoms in total. The van der Waals surface area contributed by atoms with Crippen molar-refractivity contribution in [1.82, 2.24) is 19.9 Å². The van der Waals surface area contributed by atoms with Crippen LogP contribution in [0.3, 0.4) is 0 Å². The number of hydrogen-bond donors (Lipinski definition) is 1. The maximum Gasteiger partial charge on any atom is 0.416 e. The first-order valence-electron chi connectivity index (χ1n) is 7.76. The van der Waals surface area contributed by atoms with Gasteiger partial charge in [0.25, 0.3) is 0 Å². The van der Waals surface area contributed by atoms with E-state index < -0.39 is 15.5 Å². The van der Waals surface area contributed by atoms with Crippen molar-refractivity contribution in [2.24, 2.45) is 0 Å². The Morgan fingerprint density at radius 3 is 2.39 bits per heavy atom. The van der Waals surface area contributed by atoms with E-state index in [0.29, 0.717) is 6.54 Å². The van der Waals surface area contributed by atoms with E-state index in [9.17, 15) is 13.2 Å². The smallest absolute Gasteiger partial charge is 0.350 e. The number of hydrogen-bond acceptors (Lipinski definition) is 5. The van der Waals surface area contributed by atoms with Crippen molar-refractivity contribution in [3.05, 3.63) is 65.7 Å². The van der Waals surface area contributed by atoms with E-state index in [0.717, 1.165) is 17.7 Å². The molecule has 146 valence electrons. The summed E-state index contributed by atoms with van der Waals surface area (Å²) in [6.07, 6.45) is -1.25. The Kier molecular flexibility index (Phi) is 5.92. The zero-order chi connectivity index (χ0) is 20.4. The van der Waals surface area contributed by atoms with Gasteiger partial charge in [-0.1, -0.05) is 53.0 Å². The lowest BCUT2D eigenvalue weighted by Gasteiger charge is -2.14. The molecule has 0 radical (unpaired) electrons. The summed E-state index contributed by atoms with van der Waals surface area (Å²) in [5, 5.41) is 2.93. The second kappa shape index (κ2) is 8.06. The summed E-state index contributed by atoms with van der Waals surface area (Å²) in [4.78, 5) is 16.2. The van der Waals surface area contributed by atoms with Crippen molar-refractivity contribution in [1.29, 1.82) is 0 Å². The Labute approximate surface area is 172 Å². The van der Waals surface area contributed by atoms with Crippen molar-refractivity contribution in [2.75, 3.05) is 5.32 Å². The molecule has 0 atom stereocenters. The molecule has 0 bridgehead atoms. The summed E-state index contributed by atoms with van der Waals surface area (Å²) in [7, 11) is 0. The highest BCUT2D eigenvalue weighted by atomic mass is 35.6. The molecule has 0 aliphatic rings. The monoisotopic (exact) mass is 447 g/mol. The van der Waals surface area contributed by atoms with Crippen LogP contribution in [0.2, 0.25) is 0 Å². The van der Waals surface area contributed by atoms with Crippen LogP contribution in [0.1, 0.15) is 17.0 Å². The topological polar surface area (TPSA) is 63.6 Å². The molecule has 0 unspecified atom stereocenters. The lowest BCUT2D eigenvalue weighted by atomic mass is 10.1. The normalized spacial score (nSPS) is 12.1. The Balaban J connectivity index is 1.99. The van der Waals surface area contributed by atoms with E-state index >= 15 is 0 Å². The maximum absolute atomic E-state index is 13.0. The van der Waals surface area contributed by atoms with Crippen LogP contribution in [0, 0.1) is 0 Å². The second-order valence-electron chi connectivity index (χ2n) is 5.60. The predicted molar refractivity (Wildman–Crippen MR) is 101 cm³/mol. The molecule has 0 fully saturated rings. The molecule has 0 amide bonds. The van der Waals surface area contributed by atoms with Crippen LogP contribution in [0.15, 0.2) is 48.8 Å².